The van der Waals surface area contributed by atoms with Gasteiger partial charge in [0.05, 0.1) is 10.9 Å². The minimum atomic E-state index is -3.68. The van der Waals surface area contributed by atoms with Crippen molar-refractivity contribution in [3.63, 3.8) is 0 Å². The summed E-state index contributed by atoms with van der Waals surface area (Å²) in [5.41, 5.74) is 0.468. The molecule has 4 N–H and O–H groups in total. The quantitative estimate of drug-likeness (QED) is 0.280. The van der Waals surface area contributed by atoms with Crippen LogP contribution in [0.3, 0.4) is 0 Å². The number of hydrogen-bond donors (Lipinski definition) is 3. The summed E-state index contributed by atoms with van der Waals surface area (Å²) in [7, 11) is -3.68. The summed E-state index contributed by atoms with van der Waals surface area (Å²) in [6.45, 7) is 9.90. The summed E-state index contributed by atoms with van der Waals surface area (Å²) < 4.78 is 27.9. The number of nitrogens with one attached hydrogen (secondary N) is 2. The second kappa shape index (κ2) is 11.1. The molecular weight excluding hydrogens is 521 g/mol. The summed E-state index contributed by atoms with van der Waals surface area (Å²) in [6.07, 6.45) is 0.358. The Hall–Kier alpha value is -1.60. The van der Waals surface area contributed by atoms with Crippen LogP contribution >= 0.6 is 24.0 Å². The van der Waals surface area contributed by atoms with Gasteiger partial charge in [-0.15, -0.1) is 24.0 Å². The number of nitrogens with two attached hydrogens (primary N) is 1. The monoisotopic (exact) mass is 553 g/mol. The molecular formula is C19H32IN5O4S. The molecule has 1 aromatic carbocycles. The van der Waals surface area contributed by atoms with E-state index in [-0.39, 0.29) is 41.0 Å². The molecule has 1 aliphatic heterocycles. The zero-order valence-electron chi connectivity index (χ0n) is 17.8. The number of carbonyl (C=O) groups is 1. The lowest BCUT2D eigenvalue weighted by Crippen LogP contribution is -2.63. The Bertz CT molecular complexity index is 831. The largest absolute Gasteiger partial charge is 0.444 e. The summed E-state index contributed by atoms with van der Waals surface area (Å²) in [5.74, 6) is 0.683. The SMILES string of the molecule is CCNC(=NCCc1ccc(S(N)(=O)=O)cc1)NC1CN(C(=O)OC(C)(C)C)C1.I. The lowest BCUT2D eigenvalue weighted by molar-refractivity contribution is 0.00700. The smallest absolute Gasteiger partial charge is 0.410 e. The predicted octanol–water partition coefficient (Wildman–Crippen LogP) is 1.67. The number of amides is 1. The molecule has 1 amide bonds. The maximum absolute atomic E-state index is 12.0. The number of guanidine groups is 1. The highest BCUT2D eigenvalue weighted by Gasteiger charge is 2.34. The van der Waals surface area contributed by atoms with E-state index < -0.39 is 15.6 Å². The lowest BCUT2D eigenvalue weighted by atomic mass is 10.1. The Kier molecular flexibility index (Phi) is 9.82. The molecule has 1 heterocycles. The van der Waals surface area contributed by atoms with E-state index in [1.807, 2.05) is 27.7 Å². The number of hydrogen-bond acceptors (Lipinski definition) is 5. The highest BCUT2D eigenvalue weighted by atomic mass is 127. The lowest BCUT2D eigenvalue weighted by Gasteiger charge is -2.40. The van der Waals surface area contributed by atoms with Crippen molar-refractivity contribution in [3.8, 4) is 0 Å². The Labute approximate surface area is 195 Å². The van der Waals surface area contributed by atoms with E-state index >= 15 is 0 Å². The average molecular weight is 553 g/mol. The average Bonchev–Trinajstić information content (AvgIpc) is 2.55. The van der Waals surface area contributed by atoms with Crippen LogP contribution in [0.25, 0.3) is 0 Å². The molecule has 1 fully saturated rings. The standard InChI is InChI=1S/C19H31N5O4S.HI/c1-5-21-17(23-15-12-24(13-15)18(25)28-19(2,3)4)22-11-10-14-6-8-16(9-7-14)29(20,26)27;/h6-9,15H,5,10-13H2,1-4H3,(H2,20,26,27)(H2,21,22,23);1H. The molecule has 9 nitrogen and oxygen atoms in total. The molecule has 170 valence electrons. The molecule has 0 aromatic heterocycles. The van der Waals surface area contributed by atoms with Crippen LogP contribution in [0.4, 0.5) is 4.79 Å². The van der Waals surface area contributed by atoms with Crippen LogP contribution < -0.4 is 15.8 Å². The summed E-state index contributed by atoms with van der Waals surface area (Å²) >= 11 is 0. The first-order valence-corrected chi connectivity index (χ1v) is 11.2. The zero-order valence-corrected chi connectivity index (χ0v) is 21.0. The van der Waals surface area contributed by atoms with Gasteiger partial charge in [0.15, 0.2) is 5.96 Å². The Morgan fingerprint density at radius 3 is 2.37 bits per heavy atom. The van der Waals surface area contributed by atoms with Crippen LogP contribution in [-0.2, 0) is 21.2 Å². The number of primary sulfonamides is 1. The summed E-state index contributed by atoms with van der Waals surface area (Å²) in [4.78, 5) is 18.3. The molecule has 1 saturated heterocycles. The van der Waals surface area contributed by atoms with Gasteiger partial charge >= 0.3 is 6.09 Å². The number of sulfonamides is 1. The number of nitrogens with zero attached hydrogens (tertiary/aromatic N) is 2. The minimum absolute atomic E-state index is 0. The van der Waals surface area contributed by atoms with Gasteiger partial charge in [-0.25, -0.2) is 18.4 Å². The maximum Gasteiger partial charge on any atom is 0.410 e. The highest BCUT2D eigenvalue weighted by molar-refractivity contribution is 14.0. The second-order valence-corrected chi connectivity index (χ2v) is 9.49. The van der Waals surface area contributed by atoms with Gasteiger partial charge in [-0.3, -0.25) is 4.99 Å². The van der Waals surface area contributed by atoms with E-state index in [1.54, 1.807) is 17.0 Å². The molecule has 30 heavy (non-hydrogen) atoms. The minimum Gasteiger partial charge on any atom is -0.444 e. The van der Waals surface area contributed by atoms with E-state index in [1.165, 1.54) is 12.1 Å². The Morgan fingerprint density at radius 1 is 1.27 bits per heavy atom. The van der Waals surface area contributed by atoms with Crippen molar-refractivity contribution in [1.29, 1.82) is 0 Å². The van der Waals surface area contributed by atoms with Gasteiger partial charge in [-0.2, -0.15) is 0 Å². The first kappa shape index (κ1) is 26.4. The second-order valence-electron chi connectivity index (χ2n) is 7.93. The van der Waals surface area contributed by atoms with Crippen LogP contribution in [0.2, 0.25) is 0 Å². The molecule has 0 bridgehead atoms. The molecule has 0 spiro atoms. The molecule has 1 aliphatic rings. The van der Waals surface area contributed by atoms with Crippen LogP contribution in [0.5, 0.6) is 0 Å². The van der Waals surface area contributed by atoms with E-state index in [2.05, 4.69) is 15.6 Å². The normalized spacial score (nSPS) is 15.1. The van der Waals surface area contributed by atoms with E-state index in [4.69, 9.17) is 9.88 Å². The highest BCUT2D eigenvalue weighted by Crippen LogP contribution is 2.15. The van der Waals surface area contributed by atoms with Crippen LogP contribution in [0.1, 0.15) is 33.3 Å². The van der Waals surface area contributed by atoms with Gasteiger partial charge in [0.25, 0.3) is 0 Å². The van der Waals surface area contributed by atoms with E-state index in [0.29, 0.717) is 32.0 Å². The maximum atomic E-state index is 12.0. The molecule has 2 rings (SSSR count). The van der Waals surface area contributed by atoms with Gasteiger partial charge in [0, 0.05) is 26.2 Å². The van der Waals surface area contributed by atoms with Crippen molar-refractivity contribution >= 4 is 46.1 Å². The van der Waals surface area contributed by atoms with Crippen molar-refractivity contribution < 1.29 is 17.9 Å². The molecule has 0 saturated carbocycles. The molecule has 0 radical (unpaired) electrons. The zero-order chi connectivity index (χ0) is 21.7. The molecule has 0 unspecified atom stereocenters. The molecule has 0 atom stereocenters. The fourth-order valence-corrected chi connectivity index (χ4v) is 3.22. The third-order valence-corrected chi connectivity index (χ3v) is 5.07. The number of likely N-dealkylation sites (tertiary alicyclic amines) is 1. The third kappa shape index (κ3) is 8.64. The number of rotatable bonds is 6. The number of halogens is 1. The topological polar surface area (TPSA) is 126 Å². The molecule has 11 heteroatoms. The first-order chi connectivity index (χ1) is 13.5. The van der Waals surface area contributed by atoms with Gasteiger partial charge in [0.2, 0.25) is 10.0 Å². The summed E-state index contributed by atoms with van der Waals surface area (Å²) in [5, 5.41) is 11.6. The van der Waals surface area contributed by atoms with Crippen molar-refractivity contribution in [2.45, 2.75) is 50.7 Å². The van der Waals surface area contributed by atoms with Crippen molar-refractivity contribution in [3.05, 3.63) is 29.8 Å². The molecule has 1 aromatic rings. The van der Waals surface area contributed by atoms with E-state index in [9.17, 15) is 13.2 Å². The van der Waals surface area contributed by atoms with Gasteiger partial charge in [-0.05, 0) is 51.8 Å². The number of carbonyl (C=O) groups excluding carboxylic acids is 1. The number of aliphatic imine (C=N–C) groups is 1. The summed E-state index contributed by atoms with van der Waals surface area (Å²) in [6, 6.07) is 6.59. The Balaban J connectivity index is 0.00000450. The van der Waals surface area contributed by atoms with Crippen LogP contribution in [-0.4, -0.2) is 63.2 Å². The third-order valence-electron chi connectivity index (χ3n) is 4.14. The predicted molar refractivity (Wildman–Crippen MR) is 128 cm³/mol. The van der Waals surface area contributed by atoms with Gasteiger partial charge < -0.3 is 20.3 Å². The van der Waals surface area contributed by atoms with Crippen molar-refractivity contribution in [2.24, 2.45) is 10.1 Å². The van der Waals surface area contributed by atoms with Gasteiger partial charge in [0.1, 0.15) is 5.60 Å². The number of ether oxygens (including phenoxy) is 1. The Morgan fingerprint density at radius 2 is 1.87 bits per heavy atom. The first-order valence-electron chi connectivity index (χ1n) is 9.62. The van der Waals surface area contributed by atoms with Crippen molar-refractivity contribution in [2.75, 3.05) is 26.2 Å². The van der Waals surface area contributed by atoms with E-state index in [0.717, 1.165) is 12.1 Å². The van der Waals surface area contributed by atoms with Crippen LogP contribution in [0.15, 0.2) is 34.2 Å². The molecule has 0 aliphatic carbocycles. The fourth-order valence-electron chi connectivity index (χ4n) is 2.70. The fraction of sp³-hybridized carbons (Fsp3) is 0.579. The van der Waals surface area contributed by atoms with Gasteiger partial charge in [-0.1, -0.05) is 12.1 Å². The number of benzene rings is 1. The van der Waals surface area contributed by atoms with Crippen molar-refractivity contribution in [1.82, 2.24) is 15.5 Å². The van der Waals surface area contributed by atoms with Crippen LogP contribution in [0, 0.1) is 0 Å².